The highest BCUT2D eigenvalue weighted by Gasteiger charge is 2.34. The summed E-state index contributed by atoms with van der Waals surface area (Å²) in [4.78, 5) is 38.8. The first-order valence-electron chi connectivity index (χ1n) is 8.77. The lowest BCUT2D eigenvalue weighted by molar-refractivity contribution is -0.147. The number of piperazine rings is 1. The number of esters is 1. The van der Waals surface area contributed by atoms with Crippen molar-refractivity contribution in [2.75, 3.05) is 19.7 Å². The van der Waals surface area contributed by atoms with E-state index in [9.17, 15) is 14.4 Å². The molecule has 27 heavy (non-hydrogen) atoms. The summed E-state index contributed by atoms with van der Waals surface area (Å²) in [5.41, 5.74) is 0. The van der Waals surface area contributed by atoms with Crippen molar-refractivity contribution >= 4 is 52.5 Å². The van der Waals surface area contributed by atoms with Crippen LogP contribution in [-0.2, 0) is 19.1 Å². The van der Waals surface area contributed by atoms with E-state index in [4.69, 9.17) is 17.0 Å². The zero-order valence-electron chi connectivity index (χ0n) is 15.1. The first-order chi connectivity index (χ1) is 13.0. The molecule has 0 aromatic carbocycles. The smallest absolute Gasteiger partial charge is 0.308 e. The minimum atomic E-state index is -0.790. The van der Waals surface area contributed by atoms with Gasteiger partial charge in [-0.3, -0.25) is 19.7 Å². The summed E-state index contributed by atoms with van der Waals surface area (Å²) in [6, 6.07) is 2.99. The lowest BCUT2D eigenvalue weighted by Crippen LogP contribution is -2.60. The van der Waals surface area contributed by atoms with Gasteiger partial charge in [0.15, 0.2) is 5.11 Å². The molecule has 146 valence electrons. The zero-order chi connectivity index (χ0) is 19.6. The van der Waals surface area contributed by atoms with Gasteiger partial charge in [0.05, 0.1) is 13.0 Å². The Kier molecular flexibility index (Phi) is 8.41. The van der Waals surface area contributed by atoms with Crippen LogP contribution in [-0.4, -0.2) is 53.5 Å². The number of amides is 2. The predicted octanol–water partition coefficient (Wildman–Crippen LogP) is 1.70. The van der Waals surface area contributed by atoms with Crippen molar-refractivity contribution in [2.45, 2.75) is 32.2 Å². The van der Waals surface area contributed by atoms with Gasteiger partial charge in [-0.25, -0.2) is 0 Å². The Morgan fingerprint density at radius 3 is 3.04 bits per heavy atom. The Morgan fingerprint density at radius 2 is 2.33 bits per heavy atom. The number of nitrogens with one attached hydrogen (secondary N) is 2. The SMILES string of the molecule is CCCCOC(=O)C[C@@H]1C(=O)NCCN1C(=S)NC(=O)/C=C/c1cccs1. The fourth-order valence-electron chi connectivity index (χ4n) is 2.47. The maximum atomic E-state index is 12.2. The average molecular weight is 410 g/mol. The van der Waals surface area contributed by atoms with Crippen LogP contribution in [0.25, 0.3) is 6.08 Å². The zero-order valence-corrected chi connectivity index (χ0v) is 16.7. The van der Waals surface area contributed by atoms with Crippen LogP contribution in [0, 0.1) is 0 Å². The van der Waals surface area contributed by atoms with E-state index in [0.29, 0.717) is 19.7 Å². The molecule has 1 saturated heterocycles. The van der Waals surface area contributed by atoms with Gasteiger partial charge in [-0.2, -0.15) is 0 Å². The Balaban J connectivity index is 1.93. The van der Waals surface area contributed by atoms with E-state index < -0.39 is 12.0 Å². The van der Waals surface area contributed by atoms with Crippen molar-refractivity contribution in [1.82, 2.24) is 15.5 Å². The normalized spacial score (nSPS) is 16.9. The highest BCUT2D eigenvalue weighted by Crippen LogP contribution is 2.12. The van der Waals surface area contributed by atoms with E-state index in [-0.39, 0.29) is 23.3 Å². The van der Waals surface area contributed by atoms with Crippen LogP contribution < -0.4 is 10.6 Å². The molecule has 2 amide bonds. The molecule has 0 unspecified atom stereocenters. The predicted molar refractivity (Wildman–Crippen MR) is 108 cm³/mol. The second-order valence-electron chi connectivity index (χ2n) is 5.92. The van der Waals surface area contributed by atoms with Crippen LogP contribution in [0.3, 0.4) is 0 Å². The molecule has 1 aliphatic rings. The molecule has 1 fully saturated rings. The van der Waals surface area contributed by atoms with Gasteiger partial charge in [0, 0.05) is 24.0 Å². The first-order valence-corrected chi connectivity index (χ1v) is 10.1. The van der Waals surface area contributed by atoms with E-state index in [2.05, 4.69) is 10.6 Å². The maximum absolute atomic E-state index is 12.2. The largest absolute Gasteiger partial charge is 0.466 e. The molecule has 1 aliphatic heterocycles. The summed E-state index contributed by atoms with van der Waals surface area (Å²) in [7, 11) is 0. The fraction of sp³-hybridized carbons (Fsp3) is 0.444. The van der Waals surface area contributed by atoms with Crippen LogP contribution in [0.5, 0.6) is 0 Å². The third-order valence-electron chi connectivity index (χ3n) is 3.88. The van der Waals surface area contributed by atoms with Gasteiger partial charge in [0.2, 0.25) is 11.8 Å². The number of nitrogens with zero attached hydrogens (tertiary/aromatic N) is 1. The van der Waals surface area contributed by atoms with E-state index in [1.165, 1.54) is 17.4 Å². The van der Waals surface area contributed by atoms with Crippen molar-refractivity contribution in [2.24, 2.45) is 0 Å². The number of hydrogen-bond donors (Lipinski definition) is 2. The average Bonchev–Trinajstić information content (AvgIpc) is 3.15. The molecular formula is C18H23N3O4S2. The number of unbranched alkanes of at least 4 members (excludes halogenated alkanes) is 1. The van der Waals surface area contributed by atoms with Gasteiger partial charge in [0.25, 0.3) is 0 Å². The summed E-state index contributed by atoms with van der Waals surface area (Å²) < 4.78 is 5.14. The lowest BCUT2D eigenvalue weighted by atomic mass is 10.1. The Labute approximate surface area is 167 Å². The van der Waals surface area contributed by atoms with Crippen LogP contribution in [0.4, 0.5) is 0 Å². The van der Waals surface area contributed by atoms with Crippen molar-refractivity contribution in [1.29, 1.82) is 0 Å². The summed E-state index contributed by atoms with van der Waals surface area (Å²) >= 11 is 6.80. The fourth-order valence-corrected chi connectivity index (χ4v) is 3.41. The number of thiophene rings is 1. The van der Waals surface area contributed by atoms with E-state index in [0.717, 1.165) is 17.7 Å². The van der Waals surface area contributed by atoms with Gasteiger partial charge < -0.3 is 15.0 Å². The van der Waals surface area contributed by atoms with Crippen LogP contribution in [0.2, 0.25) is 0 Å². The van der Waals surface area contributed by atoms with Crippen LogP contribution >= 0.6 is 23.6 Å². The first kappa shape index (κ1) is 21.0. The molecule has 1 aromatic rings. The summed E-state index contributed by atoms with van der Waals surface area (Å²) in [5, 5.41) is 7.34. The standard InChI is InChI=1S/C18H23N3O4S2/c1-2-3-10-25-16(23)12-14-17(24)19-8-9-21(14)18(26)20-15(22)7-6-13-5-4-11-27-13/h4-7,11,14H,2-3,8-10,12H2,1H3,(H,19,24)(H,20,22,26)/b7-6+/t14-/m1/s1. The van der Waals surface area contributed by atoms with Gasteiger partial charge >= 0.3 is 5.97 Å². The molecule has 0 bridgehead atoms. The van der Waals surface area contributed by atoms with Crippen molar-refractivity contribution in [3.8, 4) is 0 Å². The van der Waals surface area contributed by atoms with Crippen molar-refractivity contribution in [3.63, 3.8) is 0 Å². The molecule has 1 aromatic heterocycles. The summed E-state index contributed by atoms with van der Waals surface area (Å²) in [6.45, 7) is 3.13. The Hall–Kier alpha value is -2.26. The molecular weight excluding hydrogens is 386 g/mol. The van der Waals surface area contributed by atoms with Crippen LogP contribution in [0.1, 0.15) is 31.1 Å². The molecule has 0 spiro atoms. The van der Waals surface area contributed by atoms with Crippen LogP contribution in [0.15, 0.2) is 23.6 Å². The minimum Gasteiger partial charge on any atom is -0.466 e. The molecule has 0 radical (unpaired) electrons. The topological polar surface area (TPSA) is 87.7 Å². The van der Waals surface area contributed by atoms with Crippen molar-refractivity contribution in [3.05, 3.63) is 28.5 Å². The Bertz CT molecular complexity index is 703. The van der Waals surface area contributed by atoms with Gasteiger partial charge in [-0.1, -0.05) is 19.4 Å². The van der Waals surface area contributed by atoms with E-state index >= 15 is 0 Å². The number of carbonyl (C=O) groups excluding carboxylic acids is 3. The van der Waals surface area contributed by atoms with E-state index in [1.54, 1.807) is 11.0 Å². The number of thiocarbonyl (C=S) groups is 1. The molecule has 9 heteroatoms. The lowest BCUT2D eigenvalue weighted by Gasteiger charge is -2.36. The number of rotatable bonds is 7. The molecule has 2 heterocycles. The molecule has 1 atom stereocenters. The maximum Gasteiger partial charge on any atom is 0.308 e. The van der Waals surface area contributed by atoms with Gasteiger partial charge in [0.1, 0.15) is 6.04 Å². The monoisotopic (exact) mass is 409 g/mol. The van der Waals surface area contributed by atoms with Gasteiger partial charge in [-0.05, 0) is 36.2 Å². The Morgan fingerprint density at radius 1 is 1.52 bits per heavy atom. The highest BCUT2D eigenvalue weighted by molar-refractivity contribution is 7.80. The number of hydrogen-bond acceptors (Lipinski definition) is 6. The second kappa shape index (κ2) is 10.8. The molecule has 0 aliphatic carbocycles. The number of ether oxygens (including phenoxy) is 1. The van der Waals surface area contributed by atoms with Gasteiger partial charge in [-0.15, -0.1) is 11.3 Å². The number of carbonyl (C=O) groups is 3. The highest BCUT2D eigenvalue weighted by atomic mass is 32.1. The molecule has 0 saturated carbocycles. The molecule has 2 rings (SSSR count). The minimum absolute atomic E-state index is 0.114. The van der Waals surface area contributed by atoms with E-state index in [1.807, 2.05) is 24.4 Å². The van der Waals surface area contributed by atoms with Crippen molar-refractivity contribution < 1.29 is 19.1 Å². The second-order valence-corrected chi connectivity index (χ2v) is 7.29. The third-order valence-corrected chi connectivity index (χ3v) is 5.06. The summed E-state index contributed by atoms with van der Waals surface area (Å²) in [5.74, 6) is -1.15. The molecule has 7 nitrogen and oxygen atoms in total. The molecule has 2 N–H and O–H groups in total. The third kappa shape index (κ3) is 6.76. The quantitative estimate of drug-likeness (QED) is 0.308. The summed E-state index contributed by atoms with van der Waals surface area (Å²) in [6.07, 6.45) is 4.65.